The van der Waals surface area contributed by atoms with Crippen molar-refractivity contribution in [3.8, 4) is 5.75 Å². The number of carbonyl (C=O) groups is 1. The molecule has 0 saturated heterocycles. The van der Waals surface area contributed by atoms with Crippen molar-refractivity contribution in [3.05, 3.63) is 76.2 Å². The van der Waals surface area contributed by atoms with E-state index in [4.69, 9.17) is 16.3 Å². The van der Waals surface area contributed by atoms with Crippen LogP contribution in [0.3, 0.4) is 0 Å². The van der Waals surface area contributed by atoms with Crippen LogP contribution in [0.15, 0.2) is 48.5 Å². The third-order valence-electron chi connectivity index (χ3n) is 4.15. The van der Waals surface area contributed by atoms with Gasteiger partial charge >= 0.3 is 0 Å². The maximum Gasteiger partial charge on any atom is 0.274 e. The molecule has 1 amide bonds. The van der Waals surface area contributed by atoms with Gasteiger partial charge in [0.1, 0.15) is 23.1 Å². The van der Waals surface area contributed by atoms with Crippen molar-refractivity contribution in [2.75, 3.05) is 17.7 Å². The molecule has 28 heavy (non-hydrogen) atoms. The zero-order chi connectivity index (χ0) is 20.1. The Kier molecular flexibility index (Phi) is 6.11. The molecular weight excluding hydrogens is 376 g/mol. The van der Waals surface area contributed by atoms with Crippen LogP contribution in [0.4, 0.5) is 11.5 Å². The van der Waals surface area contributed by atoms with Gasteiger partial charge in [0.05, 0.1) is 7.11 Å². The molecule has 1 heterocycles. The number of benzene rings is 2. The second kappa shape index (κ2) is 8.71. The lowest BCUT2D eigenvalue weighted by atomic mass is 10.2. The van der Waals surface area contributed by atoms with Crippen molar-refractivity contribution in [3.63, 3.8) is 0 Å². The van der Waals surface area contributed by atoms with Crippen LogP contribution < -0.4 is 15.4 Å². The number of aryl methyl sites for hydroxylation is 2. The number of nitrogens with zero attached hydrogens (tertiary/aromatic N) is 2. The van der Waals surface area contributed by atoms with E-state index >= 15 is 0 Å². The van der Waals surface area contributed by atoms with Gasteiger partial charge in [-0.3, -0.25) is 4.79 Å². The summed E-state index contributed by atoms with van der Waals surface area (Å²) < 4.78 is 5.36. The average molecular weight is 397 g/mol. The first-order chi connectivity index (χ1) is 13.5. The van der Waals surface area contributed by atoms with Crippen LogP contribution in [-0.2, 0) is 6.54 Å². The molecule has 3 aromatic rings. The normalized spacial score (nSPS) is 10.4. The van der Waals surface area contributed by atoms with Crippen LogP contribution in [0.25, 0.3) is 0 Å². The Hall–Kier alpha value is -3.12. The zero-order valence-corrected chi connectivity index (χ0v) is 16.7. The highest BCUT2D eigenvalue weighted by atomic mass is 35.5. The number of amides is 1. The molecule has 0 radical (unpaired) electrons. The summed E-state index contributed by atoms with van der Waals surface area (Å²) in [5.74, 6) is 1.52. The number of halogens is 1. The van der Waals surface area contributed by atoms with Crippen LogP contribution in [-0.4, -0.2) is 23.0 Å². The molecule has 3 rings (SSSR count). The van der Waals surface area contributed by atoms with Crippen molar-refractivity contribution in [2.45, 2.75) is 20.4 Å². The Morgan fingerprint density at radius 2 is 1.89 bits per heavy atom. The quantitative estimate of drug-likeness (QED) is 0.635. The number of aromatic nitrogens is 2. The maximum absolute atomic E-state index is 12.6. The summed E-state index contributed by atoms with van der Waals surface area (Å²) in [5, 5.41) is 6.62. The second-order valence-electron chi connectivity index (χ2n) is 6.27. The lowest BCUT2D eigenvalue weighted by Crippen LogP contribution is -2.16. The van der Waals surface area contributed by atoms with E-state index in [1.54, 1.807) is 32.2 Å². The van der Waals surface area contributed by atoms with Gasteiger partial charge in [-0.05, 0) is 37.6 Å². The summed E-state index contributed by atoms with van der Waals surface area (Å²) >= 11 is 6.12. The third kappa shape index (κ3) is 4.78. The van der Waals surface area contributed by atoms with E-state index in [1.807, 2.05) is 37.3 Å². The van der Waals surface area contributed by atoms with E-state index in [9.17, 15) is 4.79 Å². The maximum atomic E-state index is 12.6. The Bertz CT molecular complexity index is 1010. The fourth-order valence-electron chi connectivity index (χ4n) is 2.68. The van der Waals surface area contributed by atoms with Crippen molar-refractivity contribution in [1.29, 1.82) is 0 Å². The summed E-state index contributed by atoms with van der Waals surface area (Å²) in [6.07, 6.45) is 0. The predicted molar refractivity (Wildman–Crippen MR) is 111 cm³/mol. The first kappa shape index (κ1) is 19.6. The van der Waals surface area contributed by atoms with Crippen molar-refractivity contribution >= 4 is 29.0 Å². The highest BCUT2D eigenvalue weighted by Crippen LogP contribution is 2.21. The first-order valence-electron chi connectivity index (χ1n) is 8.75. The number of rotatable bonds is 6. The van der Waals surface area contributed by atoms with Gasteiger partial charge < -0.3 is 15.4 Å². The highest BCUT2D eigenvalue weighted by Gasteiger charge is 2.12. The van der Waals surface area contributed by atoms with Gasteiger partial charge in [-0.25, -0.2) is 9.97 Å². The molecule has 0 spiro atoms. The van der Waals surface area contributed by atoms with Crippen molar-refractivity contribution in [1.82, 2.24) is 9.97 Å². The number of anilines is 2. The second-order valence-corrected chi connectivity index (χ2v) is 6.68. The number of carbonyl (C=O) groups excluding carboxylic acids is 1. The fraction of sp³-hybridized carbons (Fsp3) is 0.190. The average Bonchev–Trinajstić information content (AvgIpc) is 2.69. The molecule has 0 bridgehead atoms. The Morgan fingerprint density at radius 3 is 2.64 bits per heavy atom. The van der Waals surface area contributed by atoms with Gasteiger partial charge in [0.15, 0.2) is 0 Å². The van der Waals surface area contributed by atoms with E-state index in [0.29, 0.717) is 28.9 Å². The molecule has 0 aliphatic rings. The largest absolute Gasteiger partial charge is 0.496 e. The summed E-state index contributed by atoms with van der Waals surface area (Å²) in [5.41, 5.74) is 2.81. The number of hydrogen-bond donors (Lipinski definition) is 2. The van der Waals surface area contributed by atoms with E-state index in [2.05, 4.69) is 20.6 Å². The van der Waals surface area contributed by atoms with E-state index in [1.165, 1.54) is 0 Å². The van der Waals surface area contributed by atoms with E-state index < -0.39 is 0 Å². The van der Waals surface area contributed by atoms with Crippen LogP contribution in [0, 0.1) is 13.8 Å². The molecule has 1 aromatic heterocycles. The smallest absolute Gasteiger partial charge is 0.274 e. The standard InChI is InChI=1S/C21H21ClN4O2/c1-13-8-9-16(10-17(13)22)26-21(27)18-11-20(25-14(2)24-18)23-12-15-6-4-5-7-19(15)28-3/h4-11H,12H2,1-3H3,(H,26,27)(H,23,24,25). The minimum absolute atomic E-state index is 0.270. The zero-order valence-electron chi connectivity index (χ0n) is 15.9. The molecule has 0 fully saturated rings. The summed E-state index contributed by atoms with van der Waals surface area (Å²) in [7, 11) is 1.63. The van der Waals surface area contributed by atoms with E-state index in [-0.39, 0.29) is 11.6 Å². The third-order valence-corrected chi connectivity index (χ3v) is 4.56. The van der Waals surface area contributed by atoms with Crippen LogP contribution >= 0.6 is 11.6 Å². The van der Waals surface area contributed by atoms with Gasteiger partial charge in [-0.1, -0.05) is 35.9 Å². The predicted octanol–water partition coefficient (Wildman–Crippen LogP) is 4.62. The number of ether oxygens (including phenoxy) is 1. The monoisotopic (exact) mass is 396 g/mol. The molecular formula is C21H21ClN4O2. The topological polar surface area (TPSA) is 76.1 Å². The molecule has 0 aliphatic heterocycles. The molecule has 0 aliphatic carbocycles. The van der Waals surface area contributed by atoms with Crippen molar-refractivity contribution < 1.29 is 9.53 Å². The number of nitrogens with one attached hydrogen (secondary N) is 2. The van der Waals surface area contributed by atoms with Gasteiger partial charge in [-0.2, -0.15) is 0 Å². The lowest BCUT2D eigenvalue weighted by Gasteiger charge is -2.11. The minimum Gasteiger partial charge on any atom is -0.496 e. The molecule has 0 unspecified atom stereocenters. The lowest BCUT2D eigenvalue weighted by molar-refractivity contribution is 0.102. The Labute approximate surface area is 168 Å². The van der Waals surface area contributed by atoms with Crippen LogP contribution in [0.5, 0.6) is 5.75 Å². The van der Waals surface area contributed by atoms with Gasteiger partial charge in [-0.15, -0.1) is 0 Å². The molecule has 0 atom stereocenters. The van der Waals surface area contributed by atoms with Crippen LogP contribution in [0.2, 0.25) is 5.02 Å². The van der Waals surface area contributed by atoms with Crippen molar-refractivity contribution in [2.24, 2.45) is 0 Å². The summed E-state index contributed by atoms with van der Waals surface area (Å²) in [6.45, 7) is 4.16. The van der Waals surface area contributed by atoms with Gasteiger partial charge in [0.25, 0.3) is 5.91 Å². The molecule has 7 heteroatoms. The summed E-state index contributed by atoms with van der Waals surface area (Å²) in [6, 6.07) is 14.7. The molecule has 0 saturated carbocycles. The fourth-order valence-corrected chi connectivity index (χ4v) is 2.86. The molecule has 144 valence electrons. The first-order valence-corrected chi connectivity index (χ1v) is 9.13. The molecule has 2 N–H and O–H groups in total. The molecule has 2 aromatic carbocycles. The van der Waals surface area contributed by atoms with Crippen LogP contribution in [0.1, 0.15) is 27.4 Å². The SMILES string of the molecule is COc1ccccc1CNc1cc(C(=O)Nc2ccc(C)c(Cl)c2)nc(C)n1. The Balaban J connectivity index is 1.75. The van der Waals surface area contributed by atoms with Gasteiger partial charge in [0, 0.05) is 28.9 Å². The highest BCUT2D eigenvalue weighted by molar-refractivity contribution is 6.31. The van der Waals surface area contributed by atoms with E-state index in [0.717, 1.165) is 16.9 Å². The Morgan fingerprint density at radius 1 is 1.11 bits per heavy atom. The number of para-hydroxylation sites is 1. The summed E-state index contributed by atoms with van der Waals surface area (Å²) in [4.78, 5) is 21.2. The number of hydrogen-bond acceptors (Lipinski definition) is 5. The van der Waals surface area contributed by atoms with Gasteiger partial charge in [0.2, 0.25) is 0 Å². The minimum atomic E-state index is -0.328. The number of methoxy groups -OCH3 is 1. The molecule has 6 nitrogen and oxygen atoms in total.